The molecule has 1 heterocycles. The van der Waals surface area contributed by atoms with Crippen molar-refractivity contribution in [2.24, 2.45) is 7.05 Å². The average molecular weight is 181 g/mol. The van der Waals surface area contributed by atoms with Crippen LogP contribution in [0.2, 0.25) is 0 Å². The fourth-order valence-corrected chi connectivity index (χ4v) is 0.988. The van der Waals surface area contributed by atoms with Crippen LogP contribution >= 0.6 is 0 Å². The van der Waals surface area contributed by atoms with Crippen LogP contribution in [0.5, 0.6) is 0 Å². The zero-order valence-electron chi connectivity index (χ0n) is 7.25. The third-order valence-corrected chi connectivity index (χ3v) is 1.69. The smallest absolute Gasteiger partial charge is 0.124 e. The molecule has 0 aliphatic heterocycles. The molecule has 70 valence electrons. The molecule has 1 rings (SSSR count). The second kappa shape index (κ2) is 4.03. The van der Waals surface area contributed by atoms with Crippen LogP contribution < -0.4 is 0 Å². The maximum Gasteiger partial charge on any atom is 0.124 e. The summed E-state index contributed by atoms with van der Waals surface area (Å²) >= 11 is 0. The van der Waals surface area contributed by atoms with Crippen molar-refractivity contribution < 1.29 is 10.2 Å². The highest BCUT2D eigenvalue weighted by Gasteiger charge is 2.19. The summed E-state index contributed by atoms with van der Waals surface area (Å²) in [6, 6.07) is 1.78. The van der Waals surface area contributed by atoms with Crippen molar-refractivity contribution in [1.82, 2.24) is 9.55 Å². The van der Waals surface area contributed by atoms with Crippen LogP contribution in [-0.4, -0.2) is 25.9 Å². The van der Waals surface area contributed by atoms with E-state index in [1.54, 1.807) is 23.9 Å². The van der Waals surface area contributed by atoms with Gasteiger partial charge in [-0.15, -0.1) is 0 Å². The first kappa shape index (κ1) is 9.71. The number of aliphatic hydroxyl groups excluding tert-OH is 2. The Morgan fingerprint density at radius 1 is 1.69 bits per heavy atom. The number of rotatable bonds is 3. The van der Waals surface area contributed by atoms with Crippen LogP contribution in [0.15, 0.2) is 12.5 Å². The highest BCUT2D eigenvalue weighted by atomic mass is 16.3. The van der Waals surface area contributed by atoms with Crippen LogP contribution in [0.25, 0.3) is 0 Å². The van der Waals surface area contributed by atoms with Crippen molar-refractivity contribution in [1.29, 1.82) is 5.26 Å². The number of aliphatic hydroxyl groups is 2. The molecule has 2 N–H and O–H groups in total. The first-order valence-electron chi connectivity index (χ1n) is 3.86. The summed E-state index contributed by atoms with van der Waals surface area (Å²) in [5.41, 5.74) is 0.380. The van der Waals surface area contributed by atoms with Gasteiger partial charge in [0.1, 0.15) is 6.10 Å². The first-order valence-corrected chi connectivity index (χ1v) is 3.86. The van der Waals surface area contributed by atoms with E-state index in [9.17, 15) is 10.2 Å². The van der Waals surface area contributed by atoms with Gasteiger partial charge in [-0.25, -0.2) is 4.98 Å². The number of nitriles is 1. The van der Waals surface area contributed by atoms with Crippen molar-refractivity contribution >= 4 is 0 Å². The lowest BCUT2D eigenvalue weighted by Crippen LogP contribution is -2.17. The fraction of sp³-hybridized carbons (Fsp3) is 0.500. The van der Waals surface area contributed by atoms with Gasteiger partial charge in [0.05, 0.1) is 30.6 Å². The van der Waals surface area contributed by atoms with E-state index >= 15 is 0 Å². The Balaban J connectivity index is 2.68. The normalized spacial score (nSPS) is 14.9. The third kappa shape index (κ3) is 2.28. The van der Waals surface area contributed by atoms with Crippen LogP contribution in [0.3, 0.4) is 0 Å². The Kier molecular flexibility index (Phi) is 3.01. The summed E-state index contributed by atoms with van der Waals surface area (Å²) in [5, 5.41) is 27.0. The Bertz CT molecular complexity index is 315. The molecule has 5 nitrogen and oxygen atoms in total. The maximum absolute atomic E-state index is 9.46. The van der Waals surface area contributed by atoms with Crippen molar-refractivity contribution in [2.75, 3.05) is 0 Å². The number of imidazole rings is 1. The van der Waals surface area contributed by atoms with Gasteiger partial charge in [0.2, 0.25) is 0 Å². The van der Waals surface area contributed by atoms with Crippen molar-refractivity contribution in [2.45, 2.75) is 18.6 Å². The van der Waals surface area contributed by atoms with Gasteiger partial charge in [0.15, 0.2) is 0 Å². The number of nitrogens with zero attached hydrogens (tertiary/aromatic N) is 3. The van der Waals surface area contributed by atoms with Gasteiger partial charge in [-0.05, 0) is 0 Å². The summed E-state index contributed by atoms with van der Waals surface area (Å²) < 4.78 is 1.66. The van der Waals surface area contributed by atoms with Crippen LogP contribution in [0.4, 0.5) is 0 Å². The molecule has 2 atom stereocenters. The Hall–Kier alpha value is -1.38. The second-order valence-corrected chi connectivity index (χ2v) is 2.84. The Labute approximate surface area is 75.9 Å². The molecule has 2 unspecified atom stereocenters. The molecule has 0 radical (unpaired) electrons. The molecule has 0 aliphatic carbocycles. The van der Waals surface area contributed by atoms with Gasteiger partial charge in [-0.1, -0.05) is 0 Å². The third-order valence-electron chi connectivity index (χ3n) is 1.69. The number of hydrogen-bond donors (Lipinski definition) is 2. The zero-order chi connectivity index (χ0) is 9.84. The van der Waals surface area contributed by atoms with Gasteiger partial charge >= 0.3 is 0 Å². The van der Waals surface area contributed by atoms with Crippen molar-refractivity contribution in [3.05, 3.63) is 18.2 Å². The number of hydrogen-bond acceptors (Lipinski definition) is 4. The lowest BCUT2D eigenvalue weighted by molar-refractivity contribution is 0.0192. The van der Waals surface area contributed by atoms with Crippen molar-refractivity contribution in [3.8, 4) is 6.07 Å². The van der Waals surface area contributed by atoms with Crippen LogP contribution in [-0.2, 0) is 7.05 Å². The van der Waals surface area contributed by atoms with Gasteiger partial charge in [0.25, 0.3) is 0 Å². The average Bonchev–Trinajstić information content (AvgIpc) is 2.51. The Morgan fingerprint density at radius 3 is 2.85 bits per heavy atom. The molecular weight excluding hydrogens is 170 g/mol. The fourth-order valence-electron chi connectivity index (χ4n) is 0.988. The van der Waals surface area contributed by atoms with E-state index in [0.717, 1.165) is 0 Å². The minimum Gasteiger partial charge on any atom is -0.389 e. The van der Waals surface area contributed by atoms with E-state index < -0.39 is 12.2 Å². The topological polar surface area (TPSA) is 82.1 Å². The van der Waals surface area contributed by atoms with Gasteiger partial charge < -0.3 is 14.8 Å². The van der Waals surface area contributed by atoms with E-state index in [1.807, 2.05) is 0 Å². The SMILES string of the molecule is Cn1cnc(C(O)C(O)CC#N)c1. The van der Waals surface area contributed by atoms with Crippen molar-refractivity contribution in [3.63, 3.8) is 0 Å². The largest absolute Gasteiger partial charge is 0.389 e. The van der Waals surface area contributed by atoms with E-state index in [4.69, 9.17) is 5.26 Å². The van der Waals surface area contributed by atoms with E-state index in [-0.39, 0.29) is 6.42 Å². The molecule has 1 aromatic rings. The monoisotopic (exact) mass is 181 g/mol. The zero-order valence-corrected chi connectivity index (χ0v) is 7.25. The van der Waals surface area contributed by atoms with Crippen LogP contribution in [0.1, 0.15) is 18.2 Å². The minimum atomic E-state index is -1.08. The predicted octanol–water partition coefficient (Wildman–Crippen LogP) is -0.272. The number of aromatic nitrogens is 2. The molecule has 0 fully saturated rings. The molecule has 0 aliphatic rings. The molecule has 5 heteroatoms. The maximum atomic E-state index is 9.46. The molecule has 1 aromatic heterocycles. The first-order chi connectivity index (χ1) is 6.15. The van der Waals surface area contributed by atoms with Gasteiger partial charge in [-0.2, -0.15) is 5.26 Å². The summed E-state index contributed by atoms with van der Waals surface area (Å²) in [7, 11) is 1.76. The molecule has 0 saturated carbocycles. The summed E-state index contributed by atoms with van der Waals surface area (Å²) in [6.07, 6.45) is 0.876. The molecular formula is C8H11N3O2. The van der Waals surface area contributed by atoms with E-state index in [2.05, 4.69) is 4.98 Å². The van der Waals surface area contributed by atoms with Crippen LogP contribution in [0, 0.1) is 11.3 Å². The lowest BCUT2D eigenvalue weighted by atomic mass is 10.1. The molecule has 13 heavy (non-hydrogen) atoms. The molecule has 0 spiro atoms. The highest BCUT2D eigenvalue weighted by Crippen LogP contribution is 2.15. The molecule has 0 saturated heterocycles. The molecule has 0 bridgehead atoms. The highest BCUT2D eigenvalue weighted by molar-refractivity contribution is 5.03. The van der Waals surface area contributed by atoms with Gasteiger partial charge in [0, 0.05) is 13.2 Å². The van der Waals surface area contributed by atoms with E-state index in [1.165, 1.54) is 6.33 Å². The van der Waals surface area contributed by atoms with E-state index in [0.29, 0.717) is 5.69 Å². The summed E-state index contributed by atoms with van der Waals surface area (Å²) in [4.78, 5) is 3.86. The quantitative estimate of drug-likeness (QED) is 0.672. The minimum absolute atomic E-state index is 0.0995. The molecule has 0 amide bonds. The predicted molar refractivity (Wildman–Crippen MR) is 44.4 cm³/mol. The summed E-state index contributed by atoms with van der Waals surface area (Å²) in [6.45, 7) is 0. The molecule has 0 aromatic carbocycles. The standard InChI is InChI=1S/C8H11N3O2/c1-11-4-6(10-5-11)8(13)7(12)2-3-9/h4-5,7-8,12-13H,2H2,1H3. The van der Waals surface area contributed by atoms with Gasteiger partial charge in [-0.3, -0.25) is 0 Å². The number of aryl methyl sites for hydroxylation is 1. The second-order valence-electron chi connectivity index (χ2n) is 2.84. The Morgan fingerprint density at radius 2 is 2.38 bits per heavy atom. The summed E-state index contributed by atoms with van der Waals surface area (Å²) in [5.74, 6) is 0. The lowest BCUT2D eigenvalue weighted by Gasteiger charge is -2.11.